The Labute approximate surface area is 90.9 Å². The molecule has 0 aromatic heterocycles. The van der Waals surface area contributed by atoms with E-state index in [0.29, 0.717) is 6.04 Å². The third-order valence-electron chi connectivity index (χ3n) is 3.19. The lowest BCUT2D eigenvalue weighted by Crippen LogP contribution is -2.26. The molecule has 0 aromatic carbocycles. The van der Waals surface area contributed by atoms with Crippen molar-refractivity contribution in [3.05, 3.63) is 0 Å². The lowest BCUT2D eigenvalue weighted by Gasteiger charge is -2.07. The molecule has 1 saturated carbocycles. The van der Waals surface area contributed by atoms with Gasteiger partial charge in [-0.3, -0.25) is 4.99 Å². The first-order chi connectivity index (χ1) is 6.79. The number of hydrogen-bond donors (Lipinski definition) is 1. The smallest absolute Gasteiger partial charge is 0.156 e. The molecule has 0 aromatic rings. The Morgan fingerprint density at radius 3 is 2.93 bits per heavy atom. The Bertz CT molecular complexity index is 223. The summed E-state index contributed by atoms with van der Waals surface area (Å²) in [6.07, 6.45) is 4.08. The van der Waals surface area contributed by atoms with Gasteiger partial charge in [-0.1, -0.05) is 25.6 Å². The van der Waals surface area contributed by atoms with Crippen molar-refractivity contribution in [1.29, 1.82) is 0 Å². The van der Waals surface area contributed by atoms with Crippen LogP contribution >= 0.6 is 11.8 Å². The van der Waals surface area contributed by atoms with Gasteiger partial charge in [0.1, 0.15) is 0 Å². The Morgan fingerprint density at radius 2 is 2.36 bits per heavy atom. The zero-order valence-electron chi connectivity index (χ0n) is 9.12. The minimum atomic E-state index is 0.662. The van der Waals surface area contributed by atoms with Crippen molar-refractivity contribution in [1.82, 2.24) is 5.32 Å². The molecule has 2 fully saturated rings. The molecule has 1 saturated heterocycles. The van der Waals surface area contributed by atoms with Crippen LogP contribution in [-0.2, 0) is 0 Å². The highest BCUT2D eigenvalue weighted by atomic mass is 32.2. The third-order valence-corrected chi connectivity index (χ3v) is 4.28. The van der Waals surface area contributed by atoms with E-state index in [-0.39, 0.29) is 0 Å². The molecule has 0 radical (unpaired) electrons. The molecule has 1 N–H and O–H groups in total. The molecule has 0 amide bonds. The first kappa shape index (κ1) is 10.3. The Balaban J connectivity index is 1.74. The SMILES string of the molecule is CCC1CSC(=NCC(C)C2CC2)N1. The summed E-state index contributed by atoms with van der Waals surface area (Å²) in [5, 5.41) is 4.65. The Hall–Kier alpha value is -0.180. The van der Waals surface area contributed by atoms with Crippen LogP contribution in [0.4, 0.5) is 0 Å². The van der Waals surface area contributed by atoms with Crippen molar-refractivity contribution >= 4 is 16.9 Å². The third kappa shape index (κ3) is 2.66. The quantitative estimate of drug-likeness (QED) is 0.774. The minimum Gasteiger partial charge on any atom is -0.361 e. The number of rotatable bonds is 4. The number of thioether (sulfide) groups is 1. The van der Waals surface area contributed by atoms with Crippen molar-refractivity contribution in [2.24, 2.45) is 16.8 Å². The van der Waals surface area contributed by atoms with Gasteiger partial charge >= 0.3 is 0 Å². The molecule has 2 rings (SSSR count). The molecule has 2 atom stereocenters. The first-order valence-corrected chi connectivity index (χ1v) is 6.72. The summed E-state index contributed by atoms with van der Waals surface area (Å²) in [5.74, 6) is 2.98. The second kappa shape index (κ2) is 4.56. The zero-order valence-corrected chi connectivity index (χ0v) is 9.94. The van der Waals surface area contributed by atoms with E-state index in [1.54, 1.807) is 0 Å². The highest BCUT2D eigenvalue weighted by Crippen LogP contribution is 2.36. The van der Waals surface area contributed by atoms with Crippen LogP contribution in [0.5, 0.6) is 0 Å². The number of amidine groups is 1. The predicted octanol–water partition coefficient (Wildman–Crippen LogP) is 2.50. The fourth-order valence-electron chi connectivity index (χ4n) is 1.79. The van der Waals surface area contributed by atoms with E-state index in [0.717, 1.165) is 18.4 Å². The molecule has 3 heteroatoms. The summed E-state index contributed by atoms with van der Waals surface area (Å²) >= 11 is 1.89. The van der Waals surface area contributed by atoms with E-state index < -0.39 is 0 Å². The molecule has 1 heterocycles. The Morgan fingerprint density at radius 1 is 1.57 bits per heavy atom. The Kier molecular flexibility index (Phi) is 3.37. The summed E-state index contributed by atoms with van der Waals surface area (Å²) in [5.41, 5.74) is 0. The fraction of sp³-hybridized carbons (Fsp3) is 0.909. The molecule has 2 nitrogen and oxygen atoms in total. The standard InChI is InChI=1S/C11H20N2S/c1-3-10-7-14-11(13-10)12-6-8(2)9-4-5-9/h8-10H,3-7H2,1-2H3,(H,12,13). The van der Waals surface area contributed by atoms with E-state index >= 15 is 0 Å². The molecule has 2 unspecified atom stereocenters. The molecule has 1 aliphatic carbocycles. The topological polar surface area (TPSA) is 24.4 Å². The van der Waals surface area contributed by atoms with Crippen molar-refractivity contribution in [2.45, 2.75) is 39.2 Å². The van der Waals surface area contributed by atoms with E-state index in [4.69, 9.17) is 0 Å². The normalized spacial score (nSPS) is 31.9. The van der Waals surface area contributed by atoms with E-state index in [1.807, 2.05) is 11.8 Å². The highest BCUT2D eigenvalue weighted by molar-refractivity contribution is 8.14. The van der Waals surface area contributed by atoms with Gasteiger partial charge in [-0.05, 0) is 31.1 Å². The zero-order chi connectivity index (χ0) is 9.97. The van der Waals surface area contributed by atoms with Crippen molar-refractivity contribution in [3.63, 3.8) is 0 Å². The van der Waals surface area contributed by atoms with Crippen LogP contribution in [0.1, 0.15) is 33.1 Å². The second-order valence-electron chi connectivity index (χ2n) is 4.52. The van der Waals surface area contributed by atoms with E-state index in [2.05, 4.69) is 24.2 Å². The molecule has 2 aliphatic rings. The average molecular weight is 212 g/mol. The van der Waals surface area contributed by atoms with E-state index in [1.165, 1.54) is 30.2 Å². The van der Waals surface area contributed by atoms with Gasteiger partial charge in [-0.2, -0.15) is 0 Å². The van der Waals surface area contributed by atoms with Gasteiger partial charge in [0, 0.05) is 18.3 Å². The fourth-order valence-corrected chi connectivity index (χ4v) is 2.88. The van der Waals surface area contributed by atoms with Crippen LogP contribution in [0.2, 0.25) is 0 Å². The lowest BCUT2D eigenvalue weighted by atomic mass is 10.1. The van der Waals surface area contributed by atoms with Crippen LogP contribution in [0, 0.1) is 11.8 Å². The molecule has 1 aliphatic heterocycles. The number of hydrogen-bond acceptors (Lipinski definition) is 2. The van der Waals surface area contributed by atoms with Crippen molar-refractivity contribution < 1.29 is 0 Å². The van der Waals surface area contributed by atoms with Gasteiger partial charge in [-0.25, -0.2) is 0 Å². The summed E-state index contributed by atoms with van der Waals surface area (Å²) in [6, 6.07) is 0.662. The van der Waals surface area contributed by atoms with E-state index in [9.17, 15) is 0 Å². The maximum atomic E-state index is 4.65. The van der Waals surface area contributed by atoms with Crippen LogP contribution in [-0.4, -0.2) is 23.5 Å². The summed E-state index contributed by atoms with van der Waals surface area (Å²) in [4.78, 5) is 4.65. The maximum absolute atomic E-state index is 4.65. The van der Waals surface area contributed by atoms with Crippen LogP contribution in [0.3, 0.4) is 0 Å². The monoisotopic (exact) mass is 212 g/mol. The van der Waals surface area contributed by atoms with Gasteiger partial charge in [0.2, 0.25) is 0 Å². The highest BCUT2D eigenvalue weighted by Gasteiger charge is 2.27. The summed E-state index contributed by atoms with van der Waals surface area (Å²) in [6.45, 7) is 5.59. The summed E-state index contributed by atoms with van der Waals surface area (Å²) < 4.78 is 0. The molecule has 0 bridgehead atoms. The predicted molar refractivity (Wildman–Crippen MR) is 63.9 cm³/mol. The van der Waals surface area contributed by atoms with Crippen LogP contribution in [0.15, 0.2) is 4.99 Å². The minimum absolute atomic E-state index is 0.662. The van der Waals surface area contributed by atoms with Crippen molar-refractivity contribution in [3.8, 4) is 0 Å². The largest absolute Gasteiger partial charge is 0.361 e. The number of aliphatic imine (C=N–C) groups is 1. The molecule has 80 valence electrons. The van der Waals surface area contributed by atoms with Crippen LogP contribution in [0.25, 0.3) is 0 Å². The van der Waals surface area contributed by atoms with Gasteiger partial charge in [-0.15, -0.1) is 0 Å². The maximum Gasteiger partial charge on any atom is 0.156 e. The number of nitrogens with one attached hydrogen (secondary N) is 1. The molecule has 14 heavy (non-hydrogen) atoms. The number of nitrogens with zero attached hydrogens (tertiary/aromatic N) is 1. The van der Waals surface area contributed by atoms with Gasteiger partial charge in [0.15, 0.2) is 5.17 Å². The van der Waals surface area contributed by atoms with Gasteiger partial charge in [0.25, 0.3) is 0 Å². The average Bonchev–Trinajstić information content (AvgIpc) is 2.94. The lowest BCUT2D eigenvalue weighted by molar-refractivity contribution is 0.522. The first-order valence-electron chi connectivity index (χ1n) is 5.73. The van der Waals surface area contributed by atoms with Crippen LogP contribution < -0.4 is 5.32 Å². The second-order valence-corrected chi connectivity index (χ2v) is 5.53. The molecular weight excluding hydrogens is 192 g/mol. The van der Waals surface area contributed by atoms with Gasteiger partial charge in [0.05, 0.1) is 0 Å². The van der Waals surface area contributed by atoms with Gasteiger partial charge < -0.3 is 5.32 Å². The van der Waals surface area contributed by atoms with Crippen molar-refractivity contribution in [2.75, 3.05) is 12.3 Å². The molecule has 0 spiro atoms. The molecular formula is C11H20N2S. The summed E-state index contributed by atoms with van der Waals surface area (Å²) in [7, 11) is 0.